The molecule has 0 saturated carbocycles. The maximum Gasteiger partial charge on any atom is 0.00795 e. The molecule has 2 unspecified atom stereocenters. The van der Waals surface area contributed by atoms with Gasteiger partial charge in [-0.25, -0.2) is 0 Å². The Kier molecular flexibility index (Phi) is 3.16. The summed E-state index contributed by atoms with van der Waals surface area (Å²) in [6, 6.07) is 0.721. The standard InChI is InChI=1S/C8H18N2/c1-3-9-6-8-4-5-10-7(8)2/h7-10H,3-6H2,1-2H3. The molecule has 0 aromatic heterocycles. The number of rotatable bonds is 3. The maximum atomic E-state index is 3.44. The SMILES string of the molecule is CCNCC1CCNC1C. The van der Waals surface area contributed by atoms with Crippen molar-refractivity contribution in [3.63, 3.8) is 0 Å². The predicted octanol–water partition coefficient (Wildman–Crippen LogP) is 0.594. The third kappa shape index (κ3) is 1.96. The number of hydrogen-bond acceptors (Lipinski definition) is 2. The Morgan fingerprint density at radius 3 is 2.90 bits per heavy atom. The van der Waals surface area contributed by atoms with Gasteiger partial charge in [-0.1, -0.05) is 6.92 Å². The van der Waals surface area contributed by atoms with E-state index < -0.39 is 0 Å². The Balaban J connectivity index is 2.14. The molecule has 0 radical (unpaired) electrons. The van der Waals surface area contributed by atoms with Crippen LogP contribution in [0.5, 0.6) is 0 Å². The lowest BCUT2D eigenvalue weighted by atomic mass is 10.0. The van der Waals surface area contributed by atoms with Gasteiger partial charge in [0, 0.05) is 6.04 Å². The summed E-state index contributed by atoms with van der Waals surface area (Å²) in [7, 11) is 0. The quantitative estimate of drug-likeness (QED) is 0.603. The zero-order chi connectivity index (χ0) is 7.40. The first-order chi connectivity index (χ1) is 4.84. The molecule has 1 aliphatic rings. The Morgan fingerprint density at radius 2 is 2.40 bits per heavy atom. The Hall–Kier alpha value is -0.0800. The van der Waals surface area contributed by atoms with E-state index in [1.165, 1.54) is 19.5 Å². The molecular weight excluding hydrogens is 124 g/mol. The van der Waals surface area contributed by atoms with Crippen molar-refractivity contribution < 1.29 is 0 Å². The first kappa shape index (κ1) is 8.02. The Labute approximate surface area is 63.4 Å². The third-order valence-electron chi connectivity index (χ3n) is 2.35. The minimum Gasteiger partial charge on any atom is -0.317 e. The zero-order valence-electron chi connectivity index (χ0n) is 6.98. The molecule has 0 aromatic rings. The summed E-state index contributed by atoms with van der Waals surface area (Å²) in [6.45, 7) is 7.92. The molecule has 1 rings (SSSR count). The molecule has 1 aliphatic heterocycles. The van der Waals surface area contributed by atoms with E-state index in [9.17, 15) is 0 Å². The first-order valence-electron chi connectivity index (χ1n) is 4.28. The summed E-state index contributed by atoms with van der Waals surface area (Å²) < 4.78 is 0. The van der Waals surface area contributed by atoms with Gasteiger partial charge in [-0.05, 0) is 38.9 Å². The fourth-order valence-corrected chi connectivity index (χ4v) is 1.52. The van der Waals surface area contributed by atoms with E-state index in [0.717, 1.165) is 18.5 Å². The molecule has 2 heteroatoms. The molecule has 0 aromatic carbocycles. The molecule has 0 spiro atoms. The van der Waals surface area contributed by atoms with Crippen molar-refractivity contribution >= 4 is 0 Å². The molecule has 0 bridgehead atoms. The molecule has 0 amide bonds. The van der Waals surface area contributed by atoms with Crippen molar-refractivity contribution in [3.05, 3.63) is 0 Å². The van der Waals surface area contributed by atoms with Gasteiger partial charge in [-0.15, -0.1) is 0 Å². The second kappa shape index (κ2) is 3.94. The van der Waals surface area contributed by atoms with E-state index in [1.54, 1.807) is 0 Å². The van der Waals surface area contributed by atoms with Crippen LogP contribution in [0.25, 0.3) is 0 Å². The normalized spacial score (nSPS) is 33.0. The van der Waals surface area contributed by atoms with Crippen LogP contribution >= 0.6 is 0 Å². The van der Waals surface area contributed by atoms with Crippen LogP contribution in [0.1, 0.15) is 20.3 Å². The van der Waals surface area contributed by atoms with Crippen molar-refractivity contribution in [2.24, 2.45) is 5.92 Å². The molecule has 1 heterocycles. The fourth-order valence-electron chi connectivity index (χ4n) is 1.52. The molecular formula is C8H18N2. The highest BCUT2D eigenvalue weighted by molar-refractivity contribution is 4.81. The van der Waals surface area contributed by atoms with Crippen molar-refractivity contribution in [2.75, 3.05) is 19.6 Å². The van der Waals surface area contributed by atoms with Gasteiger partial charge in [0.1, 0.15) is 0 Å². The van der Waals surface area contributed by atoms with Gasteiger partial charge in [-0.2, -0.15) is 0 Å². The molecule has 2 N–H and O–H groups in total. The molecule has 60 valence electrons. The average Bonchev–Trinajstić information content (AvgIpc) is 2.31. The summed E-state index contributed by atoms with van der Waals surface area (Å²) in [5.41, 5.74) is 0. The van der Waals surface area contributed by atoms with Crippen LogP contribution in [0.2, 0.25) is 0 Å². The lowest BCUT2D eigenvalue weighted by molar-refractivity contribution is 0.446. The summed E-state index contributed by atoms with van der Waals surface area (Å²) in [5.74, 6) is 0.861. The molecule has 10 heavy (non-hydrogen) atoms. The van der Waals surface area contributed by atoms with Gasteiger partial charge in [0.05, 0.1) is 0 Å². The van der Waals surface area contributed by atoms with Crippen molar-refractivity contribution in [2.45, 2.75) is 26.3 Å². The lowest BCUT2D eigenvalue weighted by Crippen LogP contribution is -2.30. The number of nitrogens with one attached hydrogen (secondary N) is 2. The van der Waals surface area contributed by atoms with E-state index in [-0.39, 0.29) is 0 Å². The molecule has 1 saturated heterocycles. The van der Waals surface area contributed by atoms with Gasteiger partial charge in [0.2, 0.25) is 0 Å². The second-order valence-electron chi connectivity index (χ2n) is 3.10. The Bertz CT molecular complexity index is 93.3. The predicted molar refractivity (Wildman–Crippen MR) is 44.1 cm³/mol. The van der Waals surface area contributed by atoms with Gasteiger partial charge >= 0.3 is 0 Å². The molecule has 2 nitrogen and oxygen atoms in total. The third-order valence-corrected chi connectivity index (χ3v) is 2.35. The summed E-state index contributed by atoms with van der Waals surface area (Å²) in [5, 5.41) is 6.82. The van der Waals surface area contributed by atoms with Gasteiger partial charge in [0.25, 0.3) is 0 Å². The van der Waals surface area contributed by atoms with Gasteiger partial charge < -0.3 is 10.6 Å². The van der Waals surface area contributed by atoms with Gasteiger partial charge in [-0.3, -0.25) is 0 Å². The Morgan fingerprint density at radius 1 is 1.60 bits per heavy atom. The van der Waals surface area contributed by atoms with E-state index in [4.69, 9.17) is 0 Å². The topological polar surface area (TPSA) is 24.1 Å². The fraction of sp³-hybridized carbons (Fsp3) is 1.00. The zero-order valence-corrected chi connectivity index (χ0v) is 6.98. The monoisotopic (exact) mass is 142 g/mol. The highest BCUT2D eigenvalue weighted by atomic mass is 15.0. The van der Waals surface area contributed by atoms with E-state index >= 15 is 0 Å². The maximum absolute atomic E-state index is 3.44. The van der Waals surface area contributed by atoms with Crippen LogP contribution in [-0.2, 0) is 0 Å². The minimum absolute atomic E-state index is 0.721. The molecule has 2 atom stereocenters. The van der Waals surface area contributed by atoms with Crippen molar-refractivity contribution in [1.82, 2.24) is 10.6 Å². The molecule has 0 aliphatic carbocycles. The summed E-state index contributed by atoms with van der Waals surface area (Å²) >= 11 is 0. The van der Waals surface area contributed by atoms with Crippen molar-refractivity contribution in [3.8, 4) is 0 Å². The minimum atomic E-state index is 0.721. The summed E-state index contributed by atoms with van der Waals surface area (Å²) in [6.07, 6.45) is 1.34. The van der Waals surface area contributed by atoms with Gasteiger partial charge in [0.15, 0.2) is 0 Å². The number of hydrogen-bond donors (Lipinski definition) is 2. The smallest absolute Gasteiger partial charge is 0.00795 e. The highest BCUT2D eigenvalue weighted by Crippen LogP contribution is 2.13. The summed E-state index contributed by atoms with van der Waals surface area (Å²) in [4.78, 5) is 0. The van der Waals surface area contributed by atoms with Crippen LogP contribution in [0.15, 0.2) is 0 Å². The lowest BCUT2D eigenvalue weighted by Gasteiger charge is -2.14. The first-order valence-corrected chi connectivity index (χ1v) is 4.28. The van der Waals surface area contributed by atoms with E-state index in [0.29, 0.717) is 0 Å². The molecule has 1 fully saturated rings. The van der Waals surface area contributed by atoms with Crippen molar-refractivity contribution in [1.29, 1.82) is 0 Å². The highest BCUT2D eigenvalue weighted by Gasteiger charge is 2.21. The second-order valence-corrected chi connectivity index (χ2v) is 3.10. The van der Waals surface area contributed by atoms with Crippen LogP contribution in [0.4, 0.5) is 0 Å². The van der Waals surface area contributed by atoms with E-state index in [2.05, 4.69) is 24.5 Å². The van der Waals surface area contributed by atoms with Crippen LogP contribution < -0.4 is 10.6 Å². The van der Waals surface area contributed by atoms with E-state index in [1.807, 2.05) is 0 Å². The van der Waals surface area contributed by atoms with Crippen LogP contribution in [0, 0.1) is 5.92 Å². The largest absolute Gasteiger partial charge is 0.317 e. The van der Waals surface area contributed by atoms with Crippen LogP contribution in [-0.4, -0.2) is 25.7 Å². The average molecular weight is 142 g/mol. The van der Waals surface area contributed by atoms with Crippen LogP contribution in [0.3, 0.4) is 0 Å².